The smallest absolute Gasteiger partial charge is 0.173 e. The summed E-state index contributed by atoms with van der Waals surface area (Å²) in [6.07, 6.45) is 1.38. The minimum Gasteiger partial charge on any atom is -0.396 e. The Labute approximate surface area is 83.2 Å². The van der Waals surface area contributed by atoms with Gasteiger partial charge in [0.15, 0.2) is 6.29 Å². The summed E-state index contributed by atoms with van der Waals surface area (Å²) < 4.78 is 10.0. The second-order valence-electron chi connectivity index (χ2n) is 2.72. The number of nitrogens with two attached hydrogens (primary N) is 1. The van der Waals surface area contributed by atoms with Crippen molar-refractivity contribution >= 4 is 11.5 Å². The van der Waals surface area contributed by atoms with Crippen molar-refractivity contribution in [3.63, 3.8) is 0 Å². The minimum atomic E-state index is -0.295. The monoisotopic (exact) mass is 197 g/mol. The van der Waals surface area contributed by atoms with Gasteiger partial charge in [-0.3, -0.25) is 0 Å². The van der Waals surface area contributed by atoms with Gasteiger partial charge in [0.2, 0.25) is 0 Å². The topological polar surface area (TPSA) is 69.4 Å². The van der Waals surface area contributed by atoms with Crippen LogP contribution in [0.5, 0.6) is 0 Å². The molecule has 0 saturated heterocycles. The number of aromatic nitrogens is 1. The largest absolute Gasteiger partial charge is 0.396 e. The van der Waals surface area contributed by atoms with E-state index in [-0.39, 0.29) is 6.29 Å². The molecule has 0 fully saturated rings. The van der Waals surface area contributed by atoms with Gasteiger partial charge < -0.3 is 20.5 Å². The second-order valence-corrected chi connectivity index (χ2v) is 2.72. The fraction of sp³-hybridized carbons (Fsp3) is 0.444. The van der Waals surface area contributed by atoms with Crippen molar-refractivity contribution in [3.8, 4) is 0 Å². The fourth-order valence-electron chi connectivity index (χ4n) is 1.01. The molecule has 0 spiro atoms. The van der Waals surface area contributed by atoms with Crippen LogP contribution in [0.1, 0.15) is 0 Å². The predicted octanol–water partition coefficient (Wildman–Crippen LogP) is 0.695. The summed E-state index contributed by atoms with van der Waals surface area (Å²) in [6.45, 7) is 0.508. The van der Waals surface area contributed by atoms with E-state index >= 15 is 0 Å². The van der Waals surface area contributed by atoms with Crippen LogP contribution < -0.4 is 11.1 Å². The van der Waals surface area contributed by atoms with Crippen molar-refractivity contribution < 1.29 is 9.47 Å². The van der Waals surface area contributed by atoms with E-state index in [9.17, 15) is 0 Å². The Morgan fingerprint density at radius 1 is 1.50 bits per heavy atom. The summed E-state index contributed by atoms with van der Waals surface area (Å²) in [5.74, 6) is 0.645. The third kappa shape index (κ3) is 2.86. The van der Waals surface area contributed by atoms with Crippen molar-refractivity contribution in [2.75, 3.05) is 31.8 Å². The first-order chi connectivity index (χ1) is 6.77. The average molecular weight is 197 g/mol. The Bertz CT molecular complexity index is 277. The van der Waals surface area contributed by atoms with E-state index in [0.717, 1.165) is 0 Å². The van der Waals surface area contributed by atoms with Crippen molar-refractivity contribution in [3.05, 3.63) is 18.3 Å². The third-order valence-electron chi connectivity index (χ3n) is 1.80. The highest BCUT2D eigenvalue weighted by Gasteiger charge is 2.05. The number of hydrogen-bond donors (Lipinski definition) is 2. The molecule has 0 unspecified atom stereocenters. The van der Waals surface area contributed by atoms with Crippen molar-refractivity contribution in [1.82, 2.24) is 4.98 Å². The predicted molar refractivity (Wildman–Crippen MR) is 54.9 cm³/mol. The average Bonchev–Trinajstić information content (AvgIpc) is 2.22. The van der Waals surface area contributed by atoms with Crippen LogP contribution in [0.4, 0.5) is 11.5 Å². The number of nitrogens with one attached hydrogen (secondary N) is 1. The maximum absolute atomic E-state index is 5.68. The number of hydrogen-bond acceptors (Lipinski definition) is 5. The van der Waals surface area contributed by atoms with Crippen LogP contribution >= 0.6 is 0 Å². The summed E-state index contributed by atoms with van der Waals surface area (Å²) in [7, 11) is 3.16. The standard InChI is InChI=1S/C9H15N3O2/c1-13-8(14-2)6-12-9-7(10)4-3-5-11-9/h3-5,8H,6,10H2,1-2H3,(H,11,12). The molecule has 0 atom stereocenters. The van der Waals surface area contributed by atoms with Gasteiger partial charge in [-0.25, -0.2) is 4.98 Å². The molecule has 0 amide bonds. The van der Waals surface area contributed by atoms with E-state index < -0.39 is 0 Å². The van der Waals surface area contributed by atoms with Crippen LogP contribution in [-0.2, 0) is 9.47 Å². The second kappa shape index (κ2) is 5.41. The normalized spacial score (nSPS) is 10.5. The molecule has 0 bridgehead atoms. The molecular weight excluding hydrogens is 182 g/mol. The van der Waals surface area contributed by atoms with E-state index in [2.05, 4.69) is 10.3 Å². The zero-order valence-corrected chi connectivity index (χ0v) is 8.36. The van der Waals surface area contributed by atoms with E-state index in [1.807, 2.05) is 0 Å². The van der Waals surface area contributed by atoms with Gasteiger partial charge in [0.1, 0.15) is 5.82 Å². The van der Waals surface area contributed by atoms with E-state index in [0.29, 0.717) is 18.1 Å². The van der Waals surface area contributed by atoms with Crippen LogP contribution in [0, 0.1) is 0 Å². The number of rotatable bonds is 5. The molecule has 0 aliphatic carbocycles. The molecule has 5 heteroatoms. The van der Waals surface area contributed by atoms with Crippen LogP contribution in [0.25, 0.3) is 0 Å². The number of nitrogen functional groups attached to an aromatic ring is 1. The number of methoxy groups -OCH3 is 2. The van der Waals surface area contributed by atoms with E-state index in [1.54, 1.807) is 32.5 Å². The molecule has 1 heterocycles. The number of ether oxygens (including phenoxy) is 2. The van der Waals surface area contributed by atoms with E-state index in [4.69, 9.17) is 15.2 Å². The molecule has 1 aromatic heterocycles. The Morgan fingerprint density at radius 2 is 2.21 bits per heavy atom. The van der Waals surface area contributed by atoms with Crippen molar-refractivity contribution in [2.24, 2.45) is 0 Å². The van der Waals surface area contributed by atoms with E-state index in [1.165, 1.54) is 0 Å². The lowest BCUT2D eigenvalue weighted by molar-refractivity contribution is -0.0914. The highest BCUT2D eigenvalue weighted by atomic mass is 16.7. The van der Waals surface area contributed by atoms with Crippen LogP contribution in [0.2, 0.25) is 0 Å². The summed E-state index contributed by atoms with van der Waals surface area (Å²) in [5, 5.41) is 3.03. The van der Waals surface area contributed by atoms with Gasteiger partial charge in [-0.2, -0.15) is 0 Å². The minimum absolute atomic E-state index is 0.295. The summed E-state index contributed by atoms with van der Waals surface area (Å²) in [4.78, 5) is 4.07. The molecule has 0 aromatic carbocycles. The summed E-state index contributed by atoms with van der Waals surface area (Å²) in [6, 6.07) is 3.56. The van der Waals surface area contributed by atoms with Gasteiger partial charge in [0.25, 0.3) is 0 Å². The Balaban J connectivity index is 2.49. The Kier molecular flexibility index (Phi) is 4.15. The molecule has 14 heavy (non-hydrogen) atoms. The highest BCUT2D eigenvalue weighted by molar-refractivity contribution is 5.60. The zero-order valence-electron chi connectivity index (χ0n) is 8.36. The number of anilines is 2. The van der Waals surface area contributed by atoms with Crippen LogP contribution in [0.3, 0.4) is 0 Å². The number of nitrogens with zero attached hydrogens (tertiary/aromatic N) is 1. The van der Waals surface area contributed by atoms with Crippen molar-refractivity contribution in [1.29, 1.82) is 0 Å². The lowest BCUT2D eigenvalue weighted by atomic mass is 10.4. The van der Waals surface area contributed by atoms with Crippen LogP contribution in [-0.4, -0.2) is 32.0 Å². The van der Waals surface area contributed by atoms with Gasteiger partial charge >= 0.3 is 0 Å². The first-order valence-electron chi connectivity index (χ1n) is 4.28. The van der Waals surface area contributed by atoms with Crippen LogP contribution in [0.15, 0.2) is 18.3 Å². The maximum atomic E-state index is 5.68. The van der Waals surface area contributed by atoms with Gasteiger partial charge in [-0.1, -0.05) is 0 Å². The van der Waals surface area contributed by atoms with Gasteiger partial charge in [-0.05, 0) is 12.1 Å². The Morgan fingerprint density at radius 3 is 2.79 bits per heavy atom. The lowest BCUT2D eigenvalue weighted by Crippen LogP contribution is -2.24. The molecular formula is C9H15N3O2. The molecule has 1 aromatic rings. The molecule has 0 aliphatic heterocycles. The Hall–Kier alpha value is -1.33. The first-order valence-corrected chi connectivity index (χ1v) is 4.28. The number of pyridine rings is 1. The highest BCUT2D eigenvalue weighted by Crippen LogP contribution is 2.12. The molecule has 0 radical (unpaired) electrons. The molecule has 78 valence electrons. The third-order valence-corrected chi connectivity index (χ3v) is 1.80. The maximum Gasteiger partial charge on any atom is 0.173 e. The van der Waals surface area contributed by atoms with Crippen molar-refractivity contribution in [2.45, 2.75) is 6.29 Å². The SMILES string of the molecule is COC(CNc1ncccc1N)OC. The molecule has 0 aliphatic rings. The first kappa shape index (κ1) is 10.7. The van der Waals surface area contributed by atoms with Gasteiger partial charge in [0, 0.05) is 20.4 Å². The molecule has 5 nitrogen and oxygen atoms in total. The molecule has 1 rings (SSSR count). The van der Waals surface area contributed by atoms with Gasteiger partial charge in [0.05, 0.1) is 12.2 Å². The summed E-state index contributed by atoms with van der Waals surface area (Å²) in [5.41, 5.74) is 6.29. The van der Waals surface area contributed by atoms with Gasteiger partial charge in [-0.15, -0.1) is 0 Å². The fourth-order valence-corrected chi connectivity index (χ4v) is 1.01. The molecule has 3 N–H and O–H groups in total. The summed E-state index contributed by atoms with van der Waals surface area (Å²) >= 11 is 0. The lowest BCUT2D eigenvalue weighted by Gasteiger charge is -2.14. The molecule has 0 saturated carbocycles. The zero-order chi connectivity index (χ0) is 10.4. The quantitative estimate of drug-likeness (QED) is 0.680.